The molecule has 0 saturated carbocycles. The Bertz CT molecular complexity index is 612. The van der Waals surface area contributed by atoms with Crippen molar-refractivity contribution in [2.24, 2.45) is 0 Å². The van der Waals surface area contributed by atoms with Crippen LogP contribution in [0.25, 0.3) is 0 Å². The number of hydrogen-bond donors (Lipinski definition) is 0. The summed E-state index contributed by atoms with van der Waals surface area (Å²) in [4.78, 5) is 15.9. The maximum atomic E-state index is 13.5. The number of carbonyl (C=O) groups is 1. The first kappa shape index (κ1) is 10.9. The van der Waals surface area contributed by atoms with Gasteiger partial charge in [-0.05, 0) is 12.1 Å². The molecule has 0 N–H and O–H groups in total. The number of nitrogens with zero attached hydrogens (tertiary/aromatic N) is 1. The van der Waals surface area contributed by atoms with Gasteiger partial charge >= 0.3 is 0 Å². The van der Waals surface area contributed by atoms with Crippen LogP contribution in [-0.4, -0.2) is 17.4 Å². The lowest BCUT2D eigenvalue weighted by molar-refractivity contribution is 0.0943. The van der Waals surface area contributed by atoms with Gasteiger partial charge in [0.25, 0.3) is 0 Å². The minimum absolute atomic E-state index is 0.0651. The zero-order valence-electron chi connectivity index (χ0n) is 9.47. The van der Waals surface area contributed by atoms with E-state index in [9.17, 15) is 9.18 Å². The minimum atomic E-state index is -0.591. The first-order valence-corrected chi connectivity index (χ1v) is 5.63. The molecule has 1 atom stereocenters. The number of ketones is 1. The Hall–Kier alpha value is -2.23. The molecular weight excluding hydrogens is 233 g/mol. The van der Waals surface area contributed by atoms with Gasteiger partial charge in [-0.1, -0.05) is 18.2 Å². The third kappa shape index (κ3) is 1.66. The largest absolute Gasteiger partial charge is 0.492 e. The molecule has 2 aromatic rings. The highest BCUT2D eigenvalue weighted by Crippen LogP contribution is 2.35. The SMILES string of the molecule is O=C(c1ccncc1F)C1COc2ccccc21. The summed E-state index contributed by atoms with van der Waals surface area (Å²) in [5, 5.41) is 0. The third-order valence-corrected chi connectivity index (χ3v) is 3.05. The molecule has 18 heavy (non-hydrogen) atoms. The van der Waals surface area contributed by atoms with Gasteiger partial charge in [-0.2, -0.15) is 0 Å². The molecule has 3 rings (SSSR count). The number of halogens is 1. The molecule has 1 aliphatic heterocycles. The highest BCUT2D eigenvalue weighted by molar-refractivity contribution is 6.02. The average Bonchev–Trinajstić information content (AvgIpc) is 2.82. The Kier molecular flexibility index (Phi) is 2.55. The number of Topliss-reactive ketones (excluding diaryl/α,β-unsaturated/α-hetero) is 1. The summed E-state index contributed by atoms with van der Waals surface area (Å²) in [7, 11) is 0. The van der Waals surface area contributed by atoms with E-state index in [1.807, 2.05) is 24.3 Å². The fourth-order valence-electron chi connectivity index (χ4n) is 2.14. The van der Waals surface area contributed by atoms with Gasteiger partial charge in [0.2, 0.25) is 0 Å². The van der Waals surface area contributed by atoms with E-state index >= 15 is 0 Å². The zero-order valence-corrected chi connectivity index (χ0v) is 9.47. The van der Waals surface area contributed by atoms with E-state index in [1.54, 1.807) is 0 Å². The lowest BCUT2D eigenvalue weighted by Crippen LogP contribution is -2.15. The second-order valence-corrected chi connectivity index (χ2v) is 4.12. The number of pyridine rings is 1. The maximum absolute atomic E-state index is 13.5. The van der Waals surface area contributed by atoms with Crippen LogP contribution < -0.4 is 4.74 Å². The van der Waals surface area contributed by atoms with Crippen molar-refractivity contribution < 1.29 is 13.9 Å². The van der Waals surface area contributed by atoms with E-state index in [0.29, 0.717) is 5.75 Å². The molecule has 1 aliphatic rings. The van der Waals surface area contributed by atoms with Crippen LogP contribution in [0.3, 0.4) is 0 Å². The lowest BCUT2D eigenvalue weighted by atomic mass is 9.93. The van der Waals surface area contributed by atoms with Gasteiger partial charge < -0.3 is 4.74 Å². The summed E-state index contributed by atoms with van der Waals surface area (Å²) in [6.45, 7) is 0.264. The summed E-state index contributed by atoms with van der Waals surface area (Å²) in [6.07, 6.45) is 2.47. The van der Waals surface area contributed by atoms with E-state index in [2.05, 4.69) is 4.98 Å². The summed E-state index contributed by atoms with van der Waals surface area (Å²) in [6, 6.07) is 8.74. The molecule has 1 aromatic carbocycles. The molecule has 4 heteroatoms. The van der Waals surface area contributed by atoms with E-state index in [1.165, 1.54) is 12.3 Å². The van der Waals surface area contributed by atoms with Gasteiger partial charge in [0.05, 0.1) is 17.7 Å². The molecule has 0 amide bonds. The summed E-state index contributed by atoms with van der Waals surface area (Å²) < 4.78 is 19.0. The van der Waals surface area contributed by atoms with E-state index in [-0.39, 0.29) is 18.0 Å². The topological polar surface area (TPSA) is 39.2 Å². The quantitative estimate of drug-likeness (QED) is 0.761. The number of benzene rings is 1. The Morgan fingerprint density at radius 1 is 1.33 bits per heavy atom. The van der Waals surface area contributed by atoms with Crippen LogP contribution in [0.5, 0.6) is 5.75 Å². The standard InChI is InChI=1S/C14H10FNO2/c15-12-7-16-6-5-10(12)14(17)11-8-18-13-4-2-1-3-9(11)13/h1-7,11H,8H2. The molecule has 0 bridgehead atoms. The van der Waals surface area contributed by atoms with Crippen molar-refractivity contribution in [1.82, 2.24) is 4.98 Å². The second-order valence-electron chi connectivity index (χ2n) is 4.12. The number of carbonyl (C=O) groups excluding carboxylic acids is 1. The number of rotatable bonds is 2. The Morgan fingerprint density at radius 3 is 3.00 bits per heavy atom. The fourth-order valence-corrected chi connectivity index (χ4v) is 2.14. The molecule has 2 heterocycles. The number of fused-ring (bicyclic) bond motifs is 1. The van der Waals surface area contributed by atoms with Crippen molar-refractivity contribution in [2.75, 3.05) is 6.61 Å². The number of para-hydroxylation sites is 1. The molecule has 1 aromatic heterocycles. The highest BCUT2D eigenvalue weighted by atomic mass is 19.1. The minimum Gasteiger partial charge on any atom is -0.492 e. The molecule has 0 radical (unpaired) electrons. The van der Waals surface area contributed by atoms with Crippen LogP contribution in [0.1, 0.15) is 21.8 Å². The zero-order chi connectivity index (χ0) is 12.5. The summed E-state index contributed by atoms with van der Waals surface area (Å²) in [5.41, 5.74) is 0.883. The van der Waals surface area contributed by atoms with E-state index in [4.69, 9.17) is 4.74 Å². The third-order valence-electron chi connectivity index (χ3n) is 3.05. The van der Waals surface area contributed by atoms with Crippen LogP contribution in [0, 0.1) is 5.82 Å². The maximum Gasteiger partial charge on any atom is 0.176 e. The molecular formula is C14H10FNO2. The summed E-state index contributed by atoms with van der Waals surface area (Å²) in [5.74, 6) is -0.588. The van der Waals surface area contributed by atoms with Gasteiger partial charge in [-0.3, -0.25) is 9.78 Å². The molecule has 3 nitrogen and oxygen atoms in total. The Labute approximate surface area is 103 Å². The van der Waals surface area contributed by atoms with Gasteiger partial charge in [-0.15, -0.1) is 0 Å². The van der Waals surface area contributed by atoms with Crippen LogP contribution >= 0.6 is 0 Å². The van der Waals surface area contributed by atoms with Crippen molar-refractivity contribution in [2.45, 2.75) is 5.92 Å². The monoisotopic (exact) mass is 243 g/mol. The van der Waals surface area contributed by atoms with Crippen molar-refractivity contribution in [3.8, 4) is 5.75 Å². The van der Waals surface area contributed by atoms with Crippen LogP contribution in [0.2, 0.25) is 0 Å². The van der Waals surface area contributed by atoms with Crippen molar-refractivity contribution in [3.63, 3.8) is 0 Å². The molecule has 0 saturated heterocycles. The molecule has 0 aliphatic carbocycles. The molecule has 0 spiro atoms. The Balaban J connectivity index is 1.99. The van der Waals surface area contributed by atoms with Crippen LogP contribution in [0.4, 0.5) is 4.39 Å². The molecule has 0 fully saturated rings. The van der Waals surface area contributed by atoms with E-state index in [0.717, 1.165) is 11.8 Å². The first-order valence-electron chi connectivity index (χ1n) is 5.63. The second kappa shape index (κ2) is 4.22. The van der Waals surface area contributed by atoms with Crippen molar-refractivity contribution >= 4 is 5.78 Å². The highest BCUT2D eigenvalue weighted by Gasteiger charge is 2.31. The lowest BCUT2D eigenvalue weighted by Gasteiger charge is -2.08. The van der Waals surface area contributed by atoms with Crippen molar-refractivity contribution in [3.05, 3.63) is 59.7 Å². The normalized spacial score (nSPS) is 17.1. The molecule has 1 unspecified atom stereocenters. The van der Waals surface area contributed by atoms with Crippen molar-refractivity contribution in [1.29, 1.82) is 0 Å². The smallest absolute Gasteiger partial charge is 0.176 e. The number of aromatic nitrogens is 1. The van der Waals surface area contributed by atoms with Crippen LogP contribution in [0.15, 0.2) is 42.7 Å². The Morgan fingerprint density at radius 2 is 2.17 bits per heavy atom. The average molecular weight is 243 g/mol. The fraction of sp³-hybridized carbons (Fsp3) is 0.143. The van der Waals surface area contributed by atoms with Gasteiger partial charge in [0.1, 0.15) is 12.4 Å². The summed E-state index contributed by atoms with van der Waals surface area (Å²) >= 11 is 0. The van der Waals surface area contributed by atoms with Gasteiger partial charge in [0, 0.05) is 11.8 Å². The van der Waals surface area contributed by atoms with Gasteiger partial charge in [-0.25, -0.2) is 4.39 Å². The predicted octanol–water partition coefficient (Wildman–Crippen LogP) is 2.58. The molecule has 90 valence electrons. The predicted molar refractivity (Wildman–Crippen MR) is 63.2 cm³/mol. The van der Waals surface area contributed by atoms with E-state index < -0.39 is 11.7 Å². The number of hydrogen-bond acceptors (Lipinski definition) is 3. The number of ether oxygens (including phenoxy) is 1. The first-order chi connectivity index (χ1) is 8.77. The van der Waals surface area contributed by atoms with Crippen LogP contribution in [-0.2, 0) is 0 Å². The van der Waals surface area contributed by atoms with Gasteiger partial charge in [0.15, 0.2) is 11.6 Å².